The van der Waals surface area contributed by atoms with Crippen LogP contribution in [0.25, 0.3) is 0 Å². The van der Waals surface area contributed by atoms with Crippen LogP contribution in [0.3, 0.4) is 0 Å². The summed E-state index contributed by atoms with van der Waals surface area (Å²) in [5.74, 6) is 1.61. The van der Waals surface area contributed by atoms with E-state index in [9.17, 15) is 4.79 Å². The molecule has 0 saturated carbocycles. The van der Waals surface area contributed by atoms with Crippen LogP contribution >= 0.6 is 11.6 Å². The number of nitrogens with zero attached hydrogens (tertiary/aromatic N) is 2. The van der Waals surface area contributed by atoms with Gasteiger partial charge in [0.1, 0.15) is 18.1 Å². The molecule has 0 unspecified atom stereocenters. The van der Waals surface area contributed by atoms with Gasteiger partial charge in [0.25, 0.3) is 5.91 Å². The molecular weight excluding hydrogens is 400 g/mol. The third-order valence-corrected chi connectivity index (χ3v) is 5.51. The summed E-state index contributed by atoms with van der Waals surface area (Å²) in [6.07, 6.45) is 0. The Kier molecular flexibility index (Phi) is 6.41. The van der Waals surface area contributed by atoms with Crippen molar-refractivity contribution >= 4 is 17.5 Å². The normalized spacial score (nSPS) is 14.7. The highest BCUT2D eigenvalue weighted by molar-refractivity contribution is 6.30. The lowest BCUT2D eigenvalue weighted by Gasteiger charge is -2.34. The van der Waals surface area contributed by atoms with Crippen molar-refractivity contribution in [2.45, 2.75) is 20.1 Å². The molecule has 1 aromatic heterocycles. The molecule has 4 rings (SSSR count). The van der Waals surface area contributed by atoms with Crippen LogP contribution in [0, 0.1) is 6.92 Å². The van der Waals surface area contributed by atoms with Crippen LogP contribution in [0.1, 0.15) is 27.4 Å². The third-order valence-electron chi connectivity index (χ3n) is 5.25. The van der Waals surface area contributed by atoms with E-state index in [1.165, 1.54) is 11.1 Å². The SMILES string of the molecule is Cc1ccc(CN2CCN(C(=O)c3ccc(COc4ccc(Cl)cc4)o3)CC2)cc1. The van der Waals surface area contributed by atoms with E-state index in [4.69, 9.17) is 20.8 Å². The number of hydrogen-bond acceptors (Lipinski definition) is 4. The first-order valence-corrected chi connectivity index (χ1v) is 10.5. The molecule has 0 radical (unpaired) electrons. The number of furan rings is 1. The largest absolute Gasteiger partial charge is 0.486 e. The summed E-state index contributed by atoms with van der Waals surface area (Å²) >= 11 is 5.88. The van der Waals surface area contributed by atoms with Crippen LogP contribution in [-0.2, 0) is 13.2 Å². The molecule has 1 saturated heterocycles. The number of ether oxygens (including phenoxy) is 1. The fourth-order valence-electron chi connectivity index (χ4n) is 3.47. The van der Waals surface area contributed by atoms with Crippen molar-refractivity contribution in [1.82, 2.24) is 9.80 Å². The number of hydrogen-bond donors (Lipinski definition) is 0. The van der Waals surface area contributed by atoms with Gasteiger partial charge in [0.2, 0.25) is 0 Å². The van der Waals surface area contributed by atoms with E-state index in [-0.39, 0.29) is 12.5 Å². The van der Waals surface area contributed by atoms with Gasteiger partial charge in [-0.25, -0.2) is 0 Å². The van der Waals surface area contributed by atoms with E-state index >= 15 is 0 Å². The number of piperazine rings is 1. The molecule has 1 aliphatic heterocycles. The van der Waals surface area contributed by atoms with Gasteiger partial charge in [-0.3, -0.25) is 9.69 Å². The molecule has 1 aliphatic rings. The van der Waals surface area contributed by atoms with Gasteiger partial charge in [-0.15, -0.1) is 0 Å². The second-order valence-electron chi connectivity index (χ2n) is 7.56. The molecule has 156 valence electrons. The molecule has 0 aliphatic carbocycles. The fourth-order valence-corrected chi connectivity index (χ4v) is 3.60. The Balaban J connectivity index is 1.27. The molecule has 6 heteroatoms. The molecule has 0 spiro atoms. The van der Waals surface area contributed by atoms with Crippen LogP contribution in [-0.4, -0.2) is 41.9 Å². The van der Waals surface area contributed by atoms with Crippen molar-refractivity contribution < 1.29 is 13.9 Å². The Labute approximate surface area is 181 Å². The summed E-state index contributed by atoms with van der Waals surface area (Å²) in [6, 6.07) is 19.3. The van der Waals surface area contributed by atoms with Gasteiger partial charge in [0.05, 0.1) is 0 Å². The number of halogens is 1. The van der Waals surface area contributed by atoms with E-state index < -0.39 is 0 Å². The fraction of sp³-hybridized carbons (Fsp3) is 0.292. The Morgan fingerprint density at radius 2 is 1.67 bits per heavy atom. The zero-order valence-corrected chi connectivity index (χ0v) is 17.8. The van der Waals surface area contributed by atoms with Crippen molar-refractivity contribution in [2.75, 3.05) is 26.2 Å². The van der Waals surface area contributed by atoms with Gasteiger partial charge in [-0.1, -0.05) is 41.4 Å². The predicted molar refractivity (Wildman–Crippen MR) is 117 cm³/mol. The van der Waals surface area contributed by atoms with Gasteiger partial charge in [-0.05, 0) is 48.9 Å². The van der Waals surface area contributed by atoms with Crippen molar-refractivity contribution in [3.63, 3.8) is 0 Å². The van der Waals surface area contributed by atoms with Crippen LogP contribution in [0.15, 0.2) is 65.1 Å². The minimum atomic E-state index is -0.0669. The zero-order valence-electron chi connectivity index (χ0n) is 17.0. The maximum atomic E-state index is 12.8. The predicted octanol–water partition coefficient (Wildman–Crippen LogP) is 4.78. The first kappa shape index (κ1) is 20.5. The van der Waals surface area contributed by atoms with E-state index in [2.05, 4.69) is 36.1 Å². The number of benzene rings is 2. The molecular formula is C24H25ClN2O3. The maximum absolute atomic E-state index is 12.8. The maximum Gasteiger partial charge on any atom is 0.289 e. The topological polar surface area (TPSA) is 45.9 Å². The molecule has 0 atom stereocenters. The Bertz CT molecular complexity index is 974. The lowest BCUT2D eigenvalue weighted by atomic mass is 10.1. The molecule has 1 amide bonds. The zero-order chi connectivity index (χ0) is 20.9. The van der Waals surface area contributed by atoms with Crippen LogP contribution in [0.2, 0.25) is 5.02 Å². The molecule has 0 bridgehead atoms. The highest BCUT2D eigenvalue weighted by Gasteiger charge is 2.24. The highest BCUT2D eigenvalue weighted by Crippen LogP contribution is 2.19. The molecule has 0 N–H and O–H groups in total. The van der Waals surface area contributed by atoms with E-state index in [1.807, 2.05) is 4.90 Å². The Morgan fingerprint density at radius 1 is 0.967 bits per heavy atom. The van der Waals surface area contributed by atoms with Crippen molar-refractivity contribution in [3.05, 3.63) is 88.3 Å². The first-order chi connectivity index (χ1) is 14.6. The number of rotatable bonds is 6. The second kappa shape index (κ2) is 9.37. The van der Waals surface area contributed by atoms with E-state index in [0.29, 0.717) is 35.4 Å². The average molecular weight is 425 g/mol. The van der Waals surface area contributed by atoms with Crippen molar-refractivity contribution in [3.8, 4) is 5.75 Å². The van der Waals surface area contributed by atoms with Gasteiger partial charge >= 0.3 is 0 Å². The molecule has 1 fully saturated rings. The Morgan fingerprint density at radius 3 is 2.37 bits per heavy atom. The van der Waals surface area contributed by atoms with Gasteiger partial charge in [0, 0.05) is 37.7 Å². The molecule has 2 heterocycles. The lowest BCUT2D eigenvalue weighted by Crippen LogP contribution is -2.48. The highest BCUT2D eigenvalue weighted by atomic mass is 35.5. The monoisotopic (exact) mass is 424 g/mol. The summed E-state index contributed by atoms with van der Waals surface area (Å²) in [4.78, 5) is 17.0. The summed E-state index contributed by atoms with van der Waals surface area (Å²) in [6.45, 7) is 6.37. The average Bonchev–Trinajstić information content (AvgIpc) is 3.24. The van der Waals surface area contributed by atoms with Gasteiger partial charge in [-0.2, -0.15) is 0 Å². The smallest absolute Gasteiger partial charge is 0.289 e. The number of carbonyl (C=O) groups excluding carboxylic acids is 1. The summed E-state index contributed by atoms with van der Waals surface area (Å²) < 4.78 is 11.4. The minimum Gasteiger partial charge on any atom is -0.486 e. The molecule has 2 aromatic carbocycles. The first-order valence-electron chi connectivity index (χ1n) is 10.1. The quantitative estimate of drug-likeness (QED) is 0.571. The van der Waals surface area contributed by atoms with Crippen molar-refractivity contribution in [2.24, 2.45) is 0 Å². The van der Waals surface area contributed by atoms with Gasteiger partial charge in [0.15, 0.2) is 5.76 Å². The van der Waals surface area contributed by atoms with Gasteiger partial charge < -0.3 is 14.1 Å². The number of amides is 1. The summed E-state index contributed by atoms with van der Waals surface area (Å²) in [5, 5.41) is 0.659. The number of aryl methyl sites for hydroxylation is 1. The summed E-state index contributed by atoms with van der Waals surface area (Å²) in [7, 11) is 0. The minimum absolute atomic E-state index is 0.0669. The van der Waals surface area contributed by atoms with Crippen LogP contribution in [0.4, 0.5) is 0 Å². The molecule has 5 nitrogen and oxygen atoms in total. The van der Waals surface area contributed by atoms with Crippen LogP contribution in [0.5, 0.6) is 5.75 Å². The second-order valence-corrected chi connectivity index (χ2v) is 8.00. The number of carbonyl (C=O) groups is 1. The van der Waals surface area contributed by atoms with Crippen molar-refractivity contribution in [1.29, 1.82) is 0 Å². The molecule has 30 heavy (non-hydrogen) atoms. The summed E-state index contributed by atoms with van der Waals surface area (Å²) in [5.41, 5.74) is 2.57. The van der Waals surface area contributed by atoms with E-state index in [1.54, 1.807) is 36.4 Å². The third kappa shape index (κ3) is 5.23. The van der Waals surface area contributed by atoms with Crippen LogP contribution < -0.4 is 4.74 Å². The molecule has 3 aromatic rings. The Hall–Kier alpha value is -2.76. The standard InChI is InChI=1S/C24H25ClN2O3/c1-18-2-4-19(5-3-18)16-26-12-14-27(15-13-26)24(28)23-11-10-22(30-23)17-29-21-8-6-20(25)7-9-21/h2-11H,12-17H2,1H3. The van der Waals surface area contributed by atoms with E-state index in [0.717, 1.165) is 19.6 Å². The lowest BCUT2D eigenvalue weighted by molar-refractivity contribution is 0.0594.